The van der Waals surface area contributed by atoms with Gasteiger partial charge in [-0.15, -0.1) is 0 Å². The summed E-state index contributed by atoms with van der Waals surface area (Å²) >= 11 is 0. The minimum absolute atomic E-state index is 0.198. The van der Waals surface area contributed by atoms with E-state index in [0.717, 1.165) is 58.4 Å². The quantitative estimate of drug-likeness (QED) is 0.818. The molecule has 18 heavy (non-hydrogen) atoms. The van der Waals surface area contributed by atoms with Gasteiger partial charge in [0.2, 0.25) is 5.91 Å². The first-order valence-electron chi connectivity index (χ1n) is 7.32. The molecule has 4 heteroatoms. The zero-order valence-corrected chi connectivity index (χ0v) is 11.8. The fourth-order valence-electron chi connectivity index (χ4n) is 3.18. The third kappa shape index (κ3) is 3.04. The van der Waals surface area contributed by atoms with Crippen LogP contribution in [0.25, 0.3) is 0 Å². The third-order valence-corrected chi connectivity index (χ3v) is 4.20. The van der Waals surface area contributed by atoms with Crippen LogP contribution in [0.4, 0.5) is 0 Å². The van der Waals surface area contributed by atoms with E-state index in [4.69, 9.17) is 5.73 Å². The Balaban J connectivity index is 1.84. The minimum atomic E-state index is -0.541. The van der Waals surface area contributed by atoms with Crippen LogP contribution in [0.1, 0.15) is 39.5 Å². The number of rotatable bonds is 3. The number of amides is 1. The zero-order chi connectivity index (χ0) is 13.2. The first-order chi connectivity index (χ1) is 8.51. The Morgan fingerprint density at radius 3 is 2.22 bits per heavy atom. The van der Waals surface area contributed by atoms with E-state index in [-0.39, 0.29) is 5.91 Å². The van der Waals surface area contributed by atoms with Crippen molar-refractivity contribution in [2.45, 2.75) is 45.1 Å². The van der Waals surface area contributed by atoms with Crippen molar-refractivity contribution in [3.8, 4) is 0 Å². The summed E-state index contributed by atoms with van der Waals surface area (Å²) in [6, 6.07) is 0. The first-order valence-corrected chi connectivity index (χ1v) is 7.32. The van der Waals surface area contributed by atoms with Crippen molar-refractivity contribution in [1.82, 2.24) is 9.80 Å². The van der Waals surface area contributed by atoms with Gasteiger partial charge >= 0.3 is 0 Å². The number of hydrogen-bond acceptors (Lipinski definition) is 3. The highest BCUT2D eigenvalue weighted by atomic mass is 16.2. The summed E-state index contributed by atoms with van der Waals surface area (Å²) < 4.78 is 0. The average Bonchev–Trinajstić information content (AvgIpc) is 2.77. The monoisotopic (exact) mass is 253 g/mol. The molecule has 0 unspecified atom stereocenters. The van der Waals surface area contributed by atoms with E-state index >= 15 is 0 Å². The molecule has 4 nitrogen and oxygen atoms in total. The molecule has 2 fully saturated rings. The number of nitrogens with zero attached hydrogens (tertiary/aromatic N) is 2. The molecule has 104 valence electrons. The SMILES string of the molecule is CC(C)CN1CCN(C(=O)C2(N)CCCC2)CC1. The summed E-state index contributed by atoms with van der Waals surface area (Å²) in [5.41, 5.74) is 5.70. The van der Waals surface area contributed by atoms with Gasteiger partial charge in [0.15, 0.2) is 0 Å². The average molecular weight is 253 g/mol. The Labute approximate surface area is 110 Å². The fourth-order valence-corrected chi connectivity index (χ4v) is 3.18. The van der Waals surface area contributed by atoms with E-state index in [1.165, 1.54) is 0 Å². The zero-order valence-electron chi connectivity index (χ0n) is 11.8. The van der Waals surface area contributed by atoms with Crippen LogP contribution >= 0.6 is 0 Å². The van der Waals surface area contributed by atoms with Crippen LogP contribution in [0.2, 0.25) is 0 Å². The van der Waals surface area contributed by atoms with Crippen molar-refractivity contribution in [2.24, 2.45) is 11.7 Å². The normalized spacial score (nSPS) is 24.8. The Bertz CT molecular complexity index is 289. The summed E-state index contributed by atoms with van der Waals surface area (Å²) in [5.74, 6) is 0.895. The molecule has 0 atom stereocenters. The molecule has 1 aliphatic carbocycles. The second-order valence-corrected chi connectivity index (χ2v) is 6.35. The molecule has 2 N–H and O–H groups in total. The molecular weight excluding hydrogens is 226 g/mol. The van der Waals surface area contributed by atoms with Crippen LogP contribution in [-0.2, 0) is 4.79 Å². The van der Waals surface area contributed by atoms with Crippen molar-refractivity contribution >= 4 is 5.91 Å². The van der Waals surface area contributed by atoms with Gasteiger partial charge in [-0.2, -0.15) is 0 Å². The topological polar surface area (TPSA) is 49.6 Å². The van der Waals surface area contributed by atoms with Crippen LogP contribution < -0.4 is 5.73 Å². The molecule has 0 aromatic heterocycles. The van der Waals surface area contributed by atoms with E-state index in [2.05, 4.69) is 18.7 Å². The Morgan fingerprint density at radius 1 is 1.17 bits per heavy atom. The third-order valence-electron chi connectivity index (χ3n) is 4.20. The highest BCUT2D eigenvalue weighted by molar-refractivity contribution is 5.86. The largest absolute Gasteiger partial charge is 0.339 e. The molecule has 2 aliphatic rings. The molecule has 0 spiro atoms. The Hall–Kier alpha value is -0.610. The predicted molar refractivity (Wildman–Crippen MR) is 73.2 cm³/mol. The maximum absolute atomic E-state index is 12.4. The standard InChI is InChI=1S/C14H27N3O/c1-12(2)11-16-7-9-17(10-8-16)13(18)14(15)5-3-4-6-14/h12H,3-11,15H2,1-2H3. The molecule has 0 bridgehead atoms. The van der Waals surface area contributed by atoms with Crippen LogP contribution in [0.3, 0.4) is 0 Å². The summed E-state index contributed by atoms with van der Waals surface area (Å²) in [6.07, 6.45) is 3.96. The second kappa shape index (κ2) is 5.57. The molecule has 1 saturated heterocycles. The van der Waals surface area contributed by atoms with Gasteiger partial charge in [-0.05, 0) is 18.8 Å². The van der Waals surface area contributed by atoms with Crippen molar-refractivity contribution in [3.05, 3.63) is 0 Å². The highest BCUT2D eigenvalue weighted by Crippen LogP contribution is 2.29. The lowest BCUT2D eigenvalue weighted by atomic mass is 9.97. The number of carbonyl (C=O) groups is 1. The molecule has 1 heterocycles. The number of hydrogen-bond donors (Lipinski definition) is 1. The van der Waals surface area contributed by atoms with Gasteiger partial charge in [0.1, 0.15) is 0 Å². The fraction of sp³-hybridized carbons (Fsp3) is 0.929. The van der Waals surface area contributed by atoms with Gasteiger partial charge in [-0.3, -0.25) is 9.69 Å². The van der Waals surface area contributed by atoms with Gasteiger partial charge in [0.05, 0.1) is 5.54 Å². The van der Waals surface area contributed by atoms with Crippen molar-refractivity contribution < 1.29 is 4.79 Å². The van der Waals surface area contributed by atoms with Crippen molar-refractivity contribution in [2.75, 3.05) is 32.7 Å². The van der Waals surface area contributed by atoms with Gasteiger partial charge in [-0.25, -0.2) is 0 Å². The molecule has 1 amide bonds. The summed E-state index contributed by atoms with van der Waals surface area (Å²) in [7, 11) is 0. The highest BCUT2D eigenvalue weighted by Gasteiger charge is 2.40. The molecule has 2 rings (SSSR count). The lowest BCUT2D eigenvalue weighted by molar-refractivity contribution is -0.138. The van der Waals surface area contributed by atoms with Gasteiger partial charge in [0, 0.05) is 32.7 Å². The van der Waals surface area contributed by atoms with Gasteiger partial charge < -0.3 is 10.6 Å². The first kappa shape index (κ1) is 13.8. The number of carbonyl (C=O) groups excluding carboxylic acids is 1. The smallest absolute Gasteiger partial charge is 0.242 e. The van der Waals surface area contributed by atoms with Crippen LogP contribution in [-0.4, -0.2) is 54.0 Å². The van der Waals surface area contributed by atoms with E-state index < -0.39 is 5.54 Å². The molecule has 0 aromatic rings. The second-order valence-electron chi connectivity index (χ2n) is 6.35. The predicted octanol–water partition coefficient (Wildman–Crippen LogP) is 1.06. The Kier molecular flexibility index (Phi) is 4.28. The van der Waals surface area contributed by atoms with E-state index in [9.17, 15) is 4.79 Å². The van der Waals surface area contributed by atoms with Gasteiger partial charge in [-0.1, -0.05) is 26.7 Å². The van der Waals surface area contributed by atoms with Crippen molar-refractivity contribution in [1.29, 1.82) is 0 Å². The van der Waals surface area contributed by atoms with E-state index in [1.54, 1.807) is 0 Å². The minimum Gasteiger partial charge on any atom is -0.339 e. The van der Waals surface area contributed by atoms with E-state index in [0.29, 0.717) is 5.92 Å². The van der Waals surface area contributed by atoms with Crippen LogP contribution in [0.15, 0.2) is 0 Å². The van der Waals surface area contributed by atoms with Crippen molar-refractivity contribution in [3.63, 3.8) is 0 Å². The van der Waals surface area contributed by atoms with Crippen LogP contribution in [0.5, 0.6) is 0 Å². The number of piperazine rings is 1. The summed E-state index contributed by atoms with van der Waals surface area (Å²) in [4.78, 5) is 16.9. The summed E-state index contributed by atoms with van der Waals surface area (Å²) in [6.45, 7) is 9.32. The lowest BCUT2D eigenvalue weighted by Gasteiger charge is -2.39. The maximum Gasteiger partial charge on any atom is 0.242 e. The van der Waals surface area contributed by atoms with E-state index in [1.807, 2.05) is 4.90 Å². The lowest BCUT2D eigenvalue weighted by Crippen LogP contribution is -2.58. The number of nitrogens with two attached hydrogens (primary N) is 1. The molecule has 1 aliphatic heterocycles. The summed E-state index contributed by atoms with van der Waals surface area (Å²) in [5, 5.41) is 0. The van der Waals surface area contributed by atoms with Crippen LogP contribution in [0, 0.1) is 5.92 Å². The molecule has 1 saturated carbocycles. The van der Waals surface area contributed by atoms with Gasteiger partial charge in [0.25, 0.3) is 0 Å². The maximum atomic E-state index is 12.4. The molecule has 0 aromatic carbocycles. The molecule has 0 radical (unpaired) electrons. The molecular formula is C14H27N3O. The Morgan fingerprint density at radius 2 is 1.72 bits per heavy atom.